The van der Waals surface area contributed by atoms with Gasteiger partial charge in [-0.1, -0.05) is 55.4 Å². The first kappa shape index (κ1) is 19.6. The molecule has 1 amide bonds. The number of rotatable bonds is 7. The molecular formula is C20H23N3O2S2. The molecule has 3 aromatic rings. The Labute approximate surface area is 166 Å². The zero-order valence-corrected chi connectivity index (χ0v) is 17.3. The highest BCUT2D eigenvalue weighted by atomic mass is 32.2. The summed E-state index contributed by atoms with van der Waals surface area (Å²) in [5.41, 5.74) is 2.94. The molecule has 2 aromatic heterocycles. The Hall–Kier alpha value is -2.12. The maximum atomic E-state index is 12.7. The Bertz CT molecular complexity index is 991. The van der Waals surface area contributed by atoms with E-state index in [0.717, 1.165) is 5.56 Å². The molecule has 0 saturated carbocycles. The van der Waals surface area contributed by atoms with Crippen molar-refractivity contribution in [2.45, 2.75) is 39.0 Å². The number of aryl methyl sites for hydroxylation is 1. The van der Waals surface area contributed by atoms with Crippen LogP contribution in [0.25, 0.3) is 10.2 Å². The molecule has 3 rings (SSSR count). The van der Waals surface area contributed by atoms with Crippen molar-refractivity contribution in [1.82, 2.24) is 14.9 Å². The average molecular weight is 402 g/mol. The summed E-state index contributed by atoms with van der Waals surface area (Å²) in [5, 5.41) is 5.40. The molecule has 0 bridgehead atoms. The van der Waals surface area contributed by atoms with Crippen LogP contribution in [0, 0.1) is 12.8 Å². The molecule has 27 heavy (non-hydrogen) atoms. The minimum atomic E-state index is -0.0728. The fourth-order valence-corrected chi connectivity index (χ4v) is 4.26. The van der Waals surface area contributed by atoms with E-state index in [2.05, 4.69) is 24.1 Å². The molecule has 0 aliphatic carbocycles. The van der Waals surface area contributed by atoms with Crippen LogP contribution in [-0.4, -0.2) is 21.2 Å². The topological polar surface area (TPSA) is 64.0 Å². The zero-order valence-electron chi connectivity index (χ0n) is 15.7. The van der Waals surface area contributed by atoms with E-state index in [-0.39, 0.29) is 17.2 Å². The summed E-state index contributed by atoms with van der Waals surface area (Å²) in [7, 11) is 0. The molecule has 142 valence electrons. The number of nitrogens with one attached hydrogen (secondary N) is 1. The normalized spacial score (nSPS) is 11.3. The molecule has 7 heteroatoms. The van der Waals surface area contributed by atoms with Crippen LogP contribution in [0.4, 0.5) is 0 Å². The summed E-state index contributed by atoms with van der Waals surface area (Å²) in [6.45, 7) is 7.25. The van der Waals surface area contributed by atoms with Crippen LogP contribution in [0.2, 0.25) is 0 Å². The first-order valence-corrected chi connectivity index (χ1v) is 10.7. The maximum absolute atomic E-state index is 12.7. The number of thiophene rings is 1. The number of hydrogen-bond acceptors (Lipinski definition) is 5. The van der Waals surface area contributed by atoms with Crippen LogP contribution in [0.3, 0.4) is 0 Å². The van der Waals surface area contributed by atoms with Gasteiger partial charge in [0.2, 0.25) is 5.91 Å². The fourth-order valence-electron chi connectivity index (χ4n) is 2.65. The SMILES string of the molecule is Cc1ccc(CNC(=O)CSc2nc3ccsc3c(=O)n2CC(C)C)cc1. The van der Waals surface area contributed by atoms with E-state index in [1.165, 1.54) is 28.7 Å². The van der Waals surface area contributed by atoms with Crippen LogP contribution in [-0.2, 0) is 17.9 Å². The molecule has 0 spiro atoms. The summed E-state index contributed by atoms with van der Waals surface area (Å²) in [6.07, 6.45) is 0. The Balaban J connectivity index is 1.69. The van der Waals surface area contributed by atoms with E-state index in [9.17, 15) is 9.59 Å². The Morgan fingerprint density at radius 1 is 1.26 bits per heavy atom. The van der Waals surface area contributed by atoms with Crippen molar-refractivity contribution in [3.05, 3.63) is 57.2 Å². The highest BCUT2D eigenvalue weighted by molar-refractivity contribution is 7.99. The fraction of sp³-hybridized carbons (Fsp3) is 0.350. The minimum absolute atomic E-state index is 0.0220. The highest BCUT2D eigenvalue weighted by Gasteiger charge is 2.15. The van der Waals surface area contributed by atoms with Crippen molar-refractivity contribution in [2.24, 2.45) is 5.92 Å². The summed E-state index contributed by atoms with van der Waals surface area (Å²) in [5.74, 6) is 0.472. The van der Waals surface area contributed by atoms with Gasteiger partial charge in [0.1, 0.15) is 4.70 Å². The molecule has 1 N–H and O–H groups in total. The van der Waals surface area contributed by atoms with Gasteiger partial charge in [-0.3, -0.25) is 14.2 Å². The standard InChI is InChI=1S/C20H23N3O2S2/c1-13(2)11-23-19(25)18-16(8-9-26-18)22-20(23)27-12-17(24)21-10-15-6-4-14(3)5-7-15/h4-9,13H,10-12H2,1-3H3,(H,21,24). The lowest BCUT2D eigenvalue weighted by molar-refractivity contribution is -0.118. The van der Waals surface area contributed by atoms with E-state index >= 15 is 0 Å². The largest absolute Gasteiger partial charge is 0.351 e. The quantitative estimate of drug-likeness (QED) is 0.483. The minimum Gasteiger partial charge on any atom is -0.351 e. The lowest BCUT2D eigenvalue weighted by atomic mass is 10.1. The number of nitrogens with zero attached hydrogens (tertiary/aromatic N) is 2. The number of hydrogen-bond donors (Lipinski definition) is 1. The first-order valence-electron chi connectivity index (χ1n) is 8.87. The summed E-state index contributed by atoms with van der Waals surface area (Å²) >= 11 is 2.72. The van der Waals surface area contributed by atoms with Crippen LogP contribution in [0.15, 0.2) is 45.7 Å². The van der Waals surface area contributed by atoms with Crippen LogP contribution >= 0.6 is 23.1 Å². The van der Waals surface area contributed by atoms with E-state index < -0.39 is 0 Å². The van der Waals surface area contributed by atoms with Crippen LogP contribution in [0.5, 0.6) is 0 Å². The van der Waals surface area contributed by atoms with Gasteiger partial charge < -0.3 is 5.32 Å². The van der Waals surface area contributed by atoms with E-state index in [1.807, 2.05) is 42.6 Å². The molecule has 0 unspecified atom stereocenters. The molecule has 0 aliphatic rings. The molecule has 0 aliphatic heterocycles. The third-order valence-electron chi connectivity index (χ3n) is 4.02. The molecule has 0 atom stereocenters. The van der Waals surface area contributed by atoms with E-state index in [0.29, 0.717) is 34.4 Å². The van der Waals surface area contributed by atoms with Crippen molar-refractivity contribution in [3.8, 4) is 0 Å². The van der Waals surface area contributed by atoms with Gasteiger partial charge in [-0.15, -0.1) is 11.3 Å². The predicted octanol–water partition coefficient (Wildman–Crippen LogP) is 3.83. The molecule has 0 saturated heterocycles. The first-order chi connectivity index (χ1) is 12.9. The molecule has 0 fully saturated rings. The molecule has 1 aromatic carbocycles. The van der Waals surface area contributed by atoms with Crippen molar-refractivity contribution >= 4 is 39.2 Å². The summed E-state index contributed by atoms with van der Waals surface area (Å²) in [6, 6.07) is 9.93. The average Bonchev–Trinajstić information content (AvgIpc) is 3.10. The molecule has 2 heterocycles. The van der Waals surface area contributed by atoms with Gasteiger partial charge in [-0.25, -0.2) is 4.98 Å². The second kappa shape index (κ2) is 8.71. The van der Waals surface area contributed by atoms with Gasteiger partial charge in [-0.05, 0) is 29.9 Å². The van der Waals surface area contributed by atoms with Crippen molar-refractivity contribution < 1.29 is 4.79 Å². The smallest absolute Gasteiger partial charge is 0.272 e. The van der Waals surface area contributed by atoms with E-state index in [1.54, 1.807) is 4.57 Å². The summed E-state index contributed by atoms with van der Waals surface area (Å²) < 4.78 is 2.37. The third kappa shape index (κ3) is 4.99. The van der Waals surface area contributed by atoms with E-state index in [4.69, 9.17) is 0 Å². The Kier molecular flexibility index (Phi) is 6.34. The van der Waals surface area contributed by atoms with Crippen molar-refractivity contribution in [1.29, 1.82) is 0 Å². The van der Waals surface area contributed by atoms with Crippen molar-refractivity contribution in [2.75, 3.05) is 5.75 Å². The highest BCUT2D eigenvalue weighted by Crippen LogP contribution is 2.21. The van der Waals surface area contributed by atoms with Crippen LogP contribution < -0.4 is 10.9 Å². The lowest BCUT2D eigenvalue weighted by Gasteiger charge is -2.13. The van der Waals surface area contributed by atoms with Gasteiger partial charge in [0.25, 0.3) is 5.56 Å². The number of aromatic nitrogens is 2. The Morgan fingerprint density at radius 3 is 2.70 bits per heavy atom. The Morgan fingerprint density at radius 2 is 2.00 bits per heavy atom. The van der Waals surface area contributed by atoms with Crippen molar-refractivity contribution in [3.63, 3.8) is 0 Å². The number of benzene rings is 1. The number of fused-ring (bicyclic) bond motifs is 1. The second-order valence-electron chi connectivity index (χ2n) is 6.89. The number of carbonyl (C=O) groups is 1. The lowest BCUT2D eigenvalue weighted by Crippen LogP contribution is -2.27. The number of amides is 1. The summed E-state index contributed by atoms with van der Waals surface area (Å²) in [4.78, 5) is 29.6. The monoisotopic (exact) mass is 401 g/mol. The molecular weight excluding hydrogens is 378 g/mol. The van der Waals surface area contributed by atoms with Gasteiger partial charge in [0.05, 0.1) is 11.3 Å². The number of thioether (sulfide) groups is 1. The number of carbonyl (C=O) groups excluding carboxylic acids is 1. The van der Waals surface area contributed by atoms with Crippen LogP contribution in [0.1, 0.15) is 25.0 Å². The van der Waals surface area contributed by atoms with Gasteiger partial charge in [0.15, 0.2) is 5.16 Å². The second-order valence-corrected chi connectivity index (χ2v) is 8.75. The maximum Gasteiger partial charge on any atom is 0.272 e. The molecule has 0 radical (unpaired) electrons. The van der Waals surface area contributed by atoms with Gasteiger partial charge in [0, 0.05) is 13.1 Å². The van der Waals surface area contributed by atoms with Gasteiger partial charge in [-0.2, -0.15) is 0 Å². The third-order valence-corrected chi connectivity index (χ3v) is 5.89. The van der Waals surface area contributed by atoms with Gasteiger partial charge >= 0.3 is 0 Å². The molecule has 5 nitrogen and oxygen atoms in total. The zero-order chi connectivity index (χ0) is 19.4. The predicted molar refractivity (Wildman–Crippen MR) is 112 cm³/mol.